The highest BCUT2D eigenvalue weighted by Gasteiger charge is 2.08. The second-order valence-corrected chi connectivity index (χ2v) is 3.14. The third-order valence-corrected chi connectivity index (χ3v) is 2.21. The van der Waals surface area contributed by atoms with E-state index in [0.29, 0.717) is 23.1 Å². The van der Waals surface area contributed by atoms with E-state index in [2.05, 4.69) is 20.2 Å². The summed E-state index contributed by atoms with van der Waals surface area (Å²) < 4.78 is 0. The summed E-state index contributed by atoms with van der Waals surface area (Å²) in [5.41, 5.74) is 2.88. The van der Waals surface area contributed by atoms with E-state index in [9.17, 15) is 4.79 Å². The lowest BCUT2D eigenvalue weighted by molar-refractivity contribution is 0.112. The Morgan fingerprint density at radius 2 is 1.87 bits per heavy atom. The van der Waals surface area contributed by atoms with Crippen molar-refractivity contribution in [2.75, 3.05) is 0 Å². The molecule has 0 aliphatic rings. The largest absolute Gasteiger partial charge is 0.296 e. The van der Waals surface area contributed by atoms with Gasteiger partial charge < -0.3 is 0 Å². The van der Waals surface area contributed by atoms with Gasteiger partial charge in [-0.1, -0.05) is 12.1 Å². The zero-order valence-electron chi connectivity index (χ0n) is 7.64. The molecule has 0 amide bonds. The van der Waals surface area contributed by atoms with Crippen LogP contribution in [0.3, 0.4) is 0 Å². The molecular formula is C10H6N4O. The topological polar surface area (TPSA) is 71.5 Å². The number of benzene rings is 1. The fraction of sp³-hybridized carbons (Fsp3) is 0. The van der Waals surface area contributed by atoms with E-state index in [4.69, 9.17) is 0 Å². The average Bonchev–Trinajstić information content (AvgIpc) is 2.68. The van der Waals surface area contributed by atoms with Crippen LogP contribution in [0.1, 0.15) is 10.5 Å². The molecule has 5 nitrogen and oxygen atoms in total. The Labute approximate surface area is 84.2 Å². The first kappa shape index (κ1) is 8.05. The molecule has 3 rings (SSSR count). The van der Waals surface area contributed by atoms with Gasteiger partial charge in [-0.3, -0.25) is 9.89 Å². The third-order valence-electron chi connectivity index (χ3n) is 2.21. The molecule has 15 heavy (non-hydrogen) atoms. The van der Waals surface area contributed by atoms with Crippen molar-refractivity contribution in [2.45, 2.75) is 0 Å². The summed E-state index contributed by atoms with van der Waals surface area (Å²) in [6.45, 7) is 0. The summed E-state index contributed by atoms with van der Waals surface area (Å²) in [7, 11) is 0. The highest BCUT2D eigenvalue weighted by atomic mass is 16.1. The van der Waals surface area contributed by atoms with E-state index < -0.39 is 0 Å². The zero-order chi connectivity index (χ0) is 10.3. The maximum absolute atomic E-state index is 10.7. The Hall–Kier alpha value is -2.30. The van der Waals surface area contributed by atoms with Gasteiger partial charge in [0.05, 0.1) is 11.0 Å². The van der Waals surface area contributed by atoms with Crippen LogP contribution < -0.4 is 0 Å². The van der Waals surface area contributed by atoms with Crippen LogP contribution >= 0.6 is 0 Å². The number of carbonyl (C=O) groups excluding carboxylic acids is 1. The van der Waals surface area contributed by atoms with Gasteiger partial charge in [0.2, 0.25) is 5.65 Å². The number of aldehydes is 1. The van der Waals surface area contributed by atoms with Crippen LogP contribution in [0, 0.1) is 0 Å². The summed E-state index contributed by atoms with van der Waals surface area (Å²) in [5, 5.41) is 6.50. The van der Waals surface area contributed by atoms with Gasteiger partial charge >= 0.3 is 0 Å². The predicted octanol–water partition coefficient (Wildman–Crippen LogP) is 1.32. The second kappa shape index (κ2) is 2.84. The first-order valence-electron chi connectivity index (χ1n) is 4.44. The molecule has 0 radical (unpaired) electrons. The first-order valence-corrected chi connectivity index (χ1v) is 4.44. The number of fused-ring (bicyclic) bond motifs is 2. The quantitative estimate of drug-likeness (QED) is 0.598. The fourth-order valence-corrected chi connectivity index (χ4v) is 1.50. The summed E-state index contributed by atoms with van der Waals surface area (Å²) in [6.07, 6.45) is 0.693. The fourth-order valence-electron chi connectivity index (χ4n) is 1.50. The van der Waals surface area contributed by atoms with Crippen molar-refractivity contribution in [3.05, 3.63) is 30.0 Å². The standard InChI is InChI=1S/C10H6N4O/c15-5-8-9-10(14-13-8)12-7-4-2-1-3-6(7)11-9/h1-5H,(H,12,13,14). The SMILES string of the molecule is O=Cc1[nH]nc2nc3ccccc3nc12. The highest BCUT2D eigenvalue weighted by molar-refractivity contribution is 5.94. The molecule has 0 aliphatic heterocycles. The minimum Gasteiger partial charge on any atom is -0.296 e. The number of hydrogen-bond donors (Lipinski definition) is 1. The lowest BCUT2D eigenvalue weighted by atomic mass is 10.3. The number of carbonyl (C=O) groups is 1. The van der Waals surface area contributed by atoms with Gasteiger partial charge in [-0.25, -0.2) is 9.97 Å². The molecule has 5 heteroatoms. The van der Waals surface area contributed by atoms with E-state index in [1.54, 1.807) is 0 Å². The van der Waals surface area contributed by atoms with Crippen LogP contribution in [0.4, 0.5) is 0 Å². The zero-order valence-corrected chi connectivity index (χ0v) is 7.64. The molecule has 2 aromatic heterocycles. The molecule has 0 spiro atoms. The monoisotopic (exact) mass is 198 g/mol. The molecule has 2 heterocycles. The molecule has 0 saturated carbocycles. The molecule has 0 aliphatic carbocycles. The van der Waals surface area contributed by atoms with Crippen LogP contribution in [0.5, 0.6) is 0 Å². The molecule has 1 N–H and O–H groups in total. The molecule has 0 bridgehead atoms. The summed E-state index contributed by atoms with van der Waals surface area (Å²) in [5.74, 6) is 0. The van der Waals surface area contributed by atoms with Crippen LogP contribution in [-0.4, -0.2) is 26.5 Å². The van der Waals surface area contributed by atoms with Crippen LogP contribution in [0.25, 0.3) is 22.2 Å². The van der Waals surface area contributed by atoms with Gasteiger partial charge in [0.1, 0.15) is 11.2 Å². The van der Waals surface area contributed by atoms with Crippen molar-refractivity contribution in [3.63, 3.8) is 0 Å². The van der Waals surface area contributed by atoms with Crippen molar-refractivity contribution in [1.82, 2.24) is 20.2 Å². The number of nitrogens with zero attached hydrogens (tertiary/aromatic N) is 3. The van der Waals surface area contributed by atoms with Gasteiger partial charge in [0.25, 0.3) is 0 Å². The number of para-hydroxylation sites is 2. The van der Waals surface area contributed by atoms with E-state index in [-0.39, 0.29) is 0 Å². The molecule has 0 unspecified atom stereocenters. The molecule has 1 aromatic carbocycles. The first-order chi connectivity index (χ1) is 7.38. The maximum atomic E-state index is 10.7. The van der Waals surface area contributed by atoms with Gasteiger partial charge in [0.15, 0.2) is 6.29 Å². The minimum absolute atomic E-state index is 0.364. The van der Waals surface area contributed by atoms with Gasteiger partial charge in [-0.2, -0.15) is 5.10 Å². The van der Waals surface area contributed by atoms with E-state index in [1.807, 2.05) is 24.3 Å². The highest BCUT2D eigenvalue weighted by Crippen LogP contribution is 2.15. The molecule has 0 atom stereocenters. The van der Waals surface area contributed by atoms with E-state index >= 15 is 0 Å². The lowest BCUT2D eigenvalue weighted by Crippen LogP contribution is -1.86. The number of aromatic amines is 1. The Morgan fingerprint density at radius 1 is 1.13 bits per heavy atom. The molecule has 72 valence electrons. The number of aromatic nitrogens is 4. The van der Waals surface area contributed by atoms with Gasteiger partial charge in [-0.15, -0.1) is 0 Å². The number of hydrogen-bond acceptors (Lipinski definition) is 4. The van der Waals surface area contributed by atoms with Crippen molar-refractivity contribution < 1.29 is 4.79 Å². The number of nitrogens with one attached hydrogen (secondary N) is 1. The van der Waals surface area contributed by atoms with Crippen molar-refractivity contribution in [1.29, 1.82) is 0 Å². The Morgan fingerprint density at radius 3 is 2.60 bits per heavy atom. The van der Waals surface area contributed by atoms with Crippen LogP contribution in [0.2, 0.25) is 0 Å². The Kier molecular flexibility index (Phi) is 1.53. The normalized spacial score (nSPS) is 10.9. The maximum Gasteiger partial charge on any atom is 0.200 e. The van der Waals surface area contributed by atoms with E-state index in [1.165, 1.54) is 0 Å². The predicted molar refractivity (Wildman–Crippen MR) is 54.6 cm³/mol. The van der Waals surface area contributed by atoms with E-state index in [0.717, 1.165) is 11.0 Å². The van der Waals surface area contributed by atoms with Crippen LogP contribution in [-0.2, 0) is 0 Å². The summed E-state index contributed by atoms with van der Waals surface area (Å²) in [6, 6.07) is 7.47. The molecular weight excluding hydrogens is 192 g/mol. The third kappa shape index (κ3) is 1.10. The Balaban J connectivity index is 2.50. The number of rotatable bonds is 1. The minimum atomic E-state index is 0.364. The Bertz CT molecular complexity index is 659. The number of H-pyrrole nitrogens is 1. The summed E-state index contributed by atoms with van der Waals surface area (Å²) in [4.78, 5) is 19.3. The van der Waals surface area contributed by atoms with Crippen molar-refractivity contribution >= 4 is 28.5 Å². The second-order valence-electron chi connectivity index (χ2n) is 3.14. The lowest BCUT2D eigenvalue weighted by Gasteiger charge is -1.94. The van der Waals surface area contributed by atoms with Gasteiger partial charge in [-0.05, 0) is 12.1 Å². The molecule has 0 saturated heterocycles. The van der Waals surface area contributed by atoms with Gasteiger partial charge in [0, 0.05) is 0 Å². The smallest absolute Gasteiger partial charge is 0.200 e. The van der Waals surface area contributed by atoms with Crippen LogP contribution in [0.15, 0.2) is 24.3 Å². The molecule has 0 fully saturated rings. The summed E-state index contributed by atoms with van der Waals surface area (Å²) >= 11 is 0. The average molecular weight is 198 g/mol. The van der Waals surface area contributed by atoms with Crippen molar-refractivity contribution in [2.24, 2.45) is 0 Å². The van der Waals surface area contributed by atoms with Crippen molar-refractivity contribution in [3.8, 4) is 0 Å². The molecule has 3 aromatic rings.